The topological polar surface area (TPSA) is 87.3 Å². The maximum atomic E-state index is 13.0. The molecule has 1 unspecified atom stereocenters. The molecule has 0 aromatic heterocycles. The number of rotatable bonds is 8. The number of hydrogen-bond acceptors (Lipinski definition) is 3. The number of benzene rings is 3. The van der Waals surface area contributed by atoms with Crippen molar-refractivity contribution < 1.29 is 18.2 Å². The first-order valence-electron chi connectivity index (χ1n) is 10.0. The summed E-state index contributed by atoms with van der Waals surface area (Å²) in [4.78, 5) is 25.0. The van der Waals surface area contributed by atoms with Crippen molar-refractivity contribution in [1.82, 2.24) is 0 Å². The summed E-state index contributed by atoms with van der Waals surface area (Å²) < 4.78 is 28.6. The third kappa shape index (κ3) is 6.63. The Morgan fingerprint density at radius 3 is 2.24 bits per heavy atom. The number of anilines is 3. The van der Waals surface area contributed by atoms with Crippen LogP contribution in [0.1, 0.15) is 24.2 Å². The van der Waals surface area contributed by atoms with Crippen molar-refractivity contribution in [2.45, 2.75) is 18.7 Å². The van der Waals surface area contributed by atoms with Crippen LogP contribution in [-0.4, -0.2) is 22.7 Å². The van der Waals surface area contributed by atoms with Gasteiger partial charge in [0.2, 0.25) is 5.91 Å². The molecule has 0 spiro atoms. The maximum Gasteiger partial charge on any atom is 0.255 e. The first-order chi connectivity index (χ1) is 15.7. The predicted octanol–water partition coefficient (Wildman–Crippen LogP) is 5.66. The van der Waals surface area contributed by atoms with Gasteiger partial charge in [0.05, 0.1) is 10.3 Å². The lowest BCUT2D eigenvalue weighted by molar-refractivity contribution is -0.124. The minimum absolute atomic E-state index is 0.332. The molecule has 0 bridgehead atoms. The summed E-state index contributed by atoms with van der Waals surface area (Å²) in [5.41, 5.74) is 0.842. The van der Waals surface area contributed by atoms with Gasteiger partial charge in [-0.3, -0.25) is 9.59 Å². The van der Waals surface area contributed by atoms with Crippen molar-refractivity contribution in [1.29, 1.82) is 0 Å². The molecule has 0 heterocycles. The van der Waals surface area contributed by atoms with Crippen LogP contribution < -0.4 is 15.4 Å². The van der Waals surface area contributed by atoms with E-state index in [2.05, 4.69) is 15.4 Å². The van der Waals surface area contributed by atoms with Gasteiger partial charge in [-0.2, -0.15) is 0 Å². The summed E-state index contributed by atoms with van der Waals surface area (Å²) in [6, 6.07) is 19.8. The standard InChI is InChI=1S/C24H23ClFN3O3S/c1-24(2,15-26)23(31)28-18-9-11-19(12-10-18)29-33(32)21-8-4-7-20(14-21)27-22(30)16-5-3-6-17(25)13-16/h3-14,29H,15H2,1-2H3,(H,27,30)(H,28,31). The molecule has 3 aromatic rings. The number of hydrogen-bond donors (Lipinski definition) is 3. The summed E-state index contributed by atoms with van der Waals surface area (Å²) >= 11 is 5.93. The van der Waals surface area contributed by atoms with Crippen molar-refractivity contribution in [3.05, 3.63) is 83.4 Å². The largest absolute Gasteiger partial charge is 0.326 e. The molecule has 0 aliphatic carbocycles. The number of carbonyl (C=O) groups is 2. The van der Waals surface area contributed by atoms with Gasteiger partial charge < -0.3 is 15.4 Å². The summed E-state index contributed by atoms with van der Waals surface area (Å²) in [5, 5.41) is 5.87. The van der Waals surface area contributed by atoms with Gasteiger partial charge in [-0.15, -0.1) is 0 Å². The van der Waals surface area contributed by atoms with Gasteiger partial charge in [-0.05, 0) is 74.5 Å². The van der Waals surface area contributed by atoms with Crippen LogP contribution in [0.5, 0.6) is 0 Å². The Labute approximate surface area is 199 Å². The first-order valence-corrected chi connectivity index (χ1v) is 11.5. The van der Waals surface area contributed by atoms with Crippen LogP contribution in [0.4, 0.5) is 21.5 Å². The molecule has 9 heteroatoms. The minimum atomic E-state index is -1.60. The van der Waals surface area contributed by atoms with Crippen molar-refractivity contribution >= 4 is 51.5 Å². The van der Waals surface area contributed by atoms with E-state index in [1.54, 1.807) is 72.8 Å². The molecule has 0 saturated carbocycles. The van der Waals surface area contributed by atoms with Crippen LogP contribution in [0.2, 0.25) is 5.02 Å². The Kier molecular flexibility index (Phi) is 7.84. The SMILES string of the molecule is CC(C)(CF)C(=O)Nc1ccc(NS(=O)c2cccc(NC(=O)c3cccc(Cl)c3)c2)cc1. The first kappa shape index (κ1) is 24.4. The molecular weight excluding hydrogens is 465 g/mol. The zero-order valence-electron chi connectivity index (χ0n) is 18.0. The summed E-state index contributed by atoms with van der Waals surface area (Å²) in [5.74, 6) is -0.757. The average molecular weight is 488 g/mol. The van der Waals surface area contributed by atoms with Crippen LogP contribution in [-0.2, 0) is 15.8 Å². The van der Waals surface area contributed by atoms with Crippen molar-refractivity contribution in [2.75, 3.05) is 22.0 Å². The summed E-state index contributed by atoms with van der Waals surface area (Å²) in [7, 11) is -1.60. The van der Waals surface area contributed by atoms with Crippen molar-refractivity contribution in [3.63, 3.8) is 0 Å². The highest BCUT2D eigenvalue weighted by Crippen LogP contribution is 2.22. The molecular formula is C24H23ClFN3O3S. The maximum absolute atomic E-state index is 13.0. The fourth-order valence-corrected chi connectivity index (χ4v) is 3.77. The van der Waals surface area contributed by atoms with E-state index in [0.29, 0.717) is 32.5 Å². The number of carbonyl (C=O) groups excluding carboxylic acids is 2. The molecule has 1 atom stereocenters. The smallest absolute Gasteiger partial charge is 0.255 e. The van der Waals surface area contributed by atoms with Gasteiger partial charge in [-0.1, -0.05) is 23.7 Å². The molecule has 0 aliphatic rings. The van der Waals surface area contributed by atoms with Gasteiger partial charge in [0.25, 0.3) is 5.91 Å². The van der Waals surface area contributed by atoms with Crippen LogP contribution >= 0.6 is 11.6 Å². The van der Waals surface area contributed by atoms with Gasteiger partial charge in [0.15, 0.2) is 0 Å². The van der Waals surface area contributed by atoms with Crippen LogP contribution in [0.25, 0.3) is 0 Å². The summed E-state index contributed by atoms with van der Waals surface area (Å²) in [6.07, 6.45) is 0. The number of alkyl halides is 1. The molecule has 0 radical (unpaired) electrons. The summed E-state index contributed by atoms with van der Waals surface area (Å²) in [6.45, 7) is 2.27. The molecule has 2 amide bonds. The normalized spacial score (nSPS) is 12.0. The van der Waals surface area contributed by atoms with E-state index in [1.165, 1.54) is 13.8 Å². The Bertz CT molecular complexity index is 1190. The molecule has 172 valence electrons. The quantitative estimate of drug-likeness (QED) is 0.383. The Morgan fingerprint density at radius 1 is 0.909 bits per heavy atom. The second kappa shape index (κ2) is 10.6. The number of halogens is 2. The van der Waals surface area contributed by atoms with Gasteiger partial charge in [-0.25, -0.2) is 8.60 Å². The highest BCUT2D eigenvalue weighted by molar-refractivity contribution is 7.86. The fraction of sp³-hybridized carbons (Fsp3) is 0.167. The van der Waals surface area contributed by atoms with E-state index in [4.69, 9.17) is 11.6 Å². The van der Waals surface area contributed by atoms with Crippen LogP contribution in [0.15, 0.2) is 77.7 Å². The molecule has 33 heavy (non-hydrogen) atoms. The van der Waals surface area contributed by atoms with E-state index >= 15 is 0 Å². The molecule has 3 aromatic carbocycles. The molecule has 0 saturated heterocycles. The van der Waals surface area contributed by atoms with Gasteiger partial charge in [0.1, 0.15) is 17.7 Å². The monoisotopic (exact) mass is 487 g/mol. The number of amides is 2. The predicted molar refractivity (Wildman–Crippen MR) is 131 cm³/mol. The fourth-order valence-electron chi connectivity index (χ4n) is 2.67. The molecule has 3 N–H and O–H groups in total. The highest BCUT2D eigenvalue weighted by atomic mass is 35.5. The highest BCUT2D eigenvalue weighted by Gasteiger charge is 2.27. The molecule has 0 aliphatic heterocycles. The van der Waals surface area contributed by atoms with E-state index in [9.17, 15) is 18.2 Å². The number of nitrogens with one attached hydrogen (secondary N) is 3. The average Bonchev–Trinajstić information content (AvgIpc) is 2.80. The third-order valence-electron chi connectivity index (χ3n) is 4.69. The second-order valence-electron chi connectivity index (χ2n) is 7.91. The Hall–Kier alpha value is -3.23. The molecule has 6 nitrogen and oxygen atoms in total. The van der Waals surface area contributed by atoms with Crippen molar-refractivity contribution in [3.8, 4) is 0 Å². The molecule has 0 fully saturated rings. The Balaban J connectivity index is 1.64. The van der Waals surface area contributed by atoms with Crippen molar-refractivity contribution in [2.24, 2.45) is 5.41 Å². The lowest BCUT2D eigenvalue weighted by Gasteiger charge is -2.19. The van der Waals surface area contributed by atoms with E-state index in [-0.39, 0.29) is 5.91 Å². The zero-order chi connectivity index (χ0) is 24.0. The van der Waals surface area contributed by atoms with Crippen LogP contribution in [0.3, 0.4) is 0 Å². The van der Waals surface area contributed by atoms with Gasteiger partial charge >= 0.3 is 0 Å². The lowest BCUT2D eigenvalue weighted by atomic mass is 9.94. The van der Waals surface area contributed by atoms with Crippen LogP contribution in [0, 0.1) is 5.41 Å². The zero-order valence-corrected chi connectivity index (χ0v) is 19.6. The van der Waals surface area contributed by atoms with E-state index < -0.39 is 29.0 Å². The lowest BCUT2D eigenvalue weighted by Crippen LogP contribution is -2.32. The molecule has 3 rings (SSSR count). The Morgan fingerprint density at radius 2 is 1.58 bits per heavy atom. The third-order valence-corrected chi connectivity index (χ3v) is 6.03. The van der Waals surface area contributed by atoms with Gasteiger partial charge in [0, 0.05) is 27.6 Å². The second-order valence-corrected chi connectivity index (χ2v) is 9.56. The van der Waals surface area contributed by atoms with E-state index in [1.807, 2.05) is 0 Å². The van der Waals surface area contributed by atoms with E-state index in [0.717, 1.165) is 0 Å². The minimum Gasteiger partial charge on any atom is -0.326 e.